The van der Waals surface area contributed by atoms with Crippen molar-refractivity contribution in [1.29, 1.82) is 0 Å². The van der Waals surface area contributed by atoms with Crippen LogP contribution in [0.4, 0.5) is 55.3 Å². The predicted molar refractivity (Wildman–Crippen MR) is 92.8 cm³/mol. The lowest BCUT2D eigenvalue weighted by molar-refractivity contribution is -0.253. The minimum atomic E-state index is -5.95. The molecule has 3 N–H and O–H groups in total. The van der Waals surface area contributed by atoms with E-state index < -0.39 is 68.7 Å². The van der Waals surface area contributed by atoms with Gasteiger partial charge in [-0.3, -0.25) is 4.79 Å². The van der Waals surface area contributed by atoms with Crippen LogP contribution in [-0.4, -0.2) is 18.3 Å². The predicted octanol–water partition coefficient (Wildman–Crippen LogP) is 6.65. The Morgan fingerprint density at radius 2 is 1.52 bits per heavy atom. The topological polar surface area (TPSA) is 55.1 Å². The van der Waals surface area contributed by atoms with Crippen LogP contribution in [0.2, 0.25) is 0 Å². The highest BCUT2D eigenvalue weighted by molar-refractivity contribution is 9.10. The molecule has 0 atom stereocenters. The zero-order valence-corrected chi connectivity index (χ0v) is 16.2. The SMILES string of the molecule is Nc1cccc(C(=O)Nc2c(Br)cc(C(C(F)(F)F)C(F)(F)F)cc2C(F)(F)F)c1F. The number of carbonyl (C=O) groups is 1. The lowest BCUT2D eigenvalue weighted by Gasteiger charge is -2.25. The molecule has 0 aromatic heterocycles. The van der Waals surface area contributed by atoms with Crippen LogP contribution in [0.15, 0.2) is 34.8 Å². The molecule has 170 valence electrons. The van der Waals surface area contributed by atoms with Crippen molar-refractivity contribution in [2.45, 2.75) is 24.4 Å². The van der Waals surface area contributed by atoms with Crippen LogP contribution in [0, 0.1) is 5.82 Å². The normalized spacial score (nSPS) is 12.9. The van der Waals surface area contributed by atoms with Crippen molar-refractivity contribution in [3.63, 3.8) is 0 Å². The molecule has 2 aromatic rings. The first-order chi connectivity index (χ1) is 13.9. The number of nitrogens with two attached hydrogens (primary N) is 1. The van der Waals surface area contributed by atoms with Gasteiger partial charge in [-0.25, -0.2) is 4.39 Å². The van der Waals surface area contributed by atoms with Gasteiger partial charge in [-0.15, -0.1) is 0 Å². The van der Waals surface area contributed by atoms with Crippen molar-refractivity contribution >= 4 is 33.2 Å². The van der Waals surface area contributed by atoms with Crippen molar-refractivity contribution in [2.75, 3.05) is 11.1 Å². The Labute approximate surface area is 175 Å². The molecule has 0 saturated heterocycles. The molecule has 1 amide bonds. The number of carbonyl (C=O) groups excluding carboxylic acids is 1. The summed E-state index contributed by atoms with van der Waals surface area (Å²) in [6.45, 7) is 0. The Balaban J connectivity index is 2.65. The number of alkyl halides is 9. The van der Waals surface area contributed by atoms with E-state index in [-0.39, 0.29) is 12.1 Å². The summed E-state index contributed by atoms with van der Waals surface area (Å²) in [6, 6.07) is 2.79. The Kier molecular flexibility index (Phi) is 6.55. The van der Waals surface area contributed by atoms with Crippen LogP contribution < -0.4 is 11.1 Å². The molecule has 31 heavy (non-hydrogen) atoms. The zero-order valence-electron chi connectivity index (χ0n) is 14.6. The van der Waals surface area contributed by atoms with Crippen molar-refractivity contribution in [3.05, 3.63) is 57.3 Å². The number of anilines is 2. The number of halogens is 11. The molecule has 0 saturated carbocycles. The van der Waals surface area contributed by atoms with Crippen LogP contribution >= 0.6 is 15.9 Å². The van der Waals surface area contributed by atoms with Crippen molar-refractivity contribution < 1.29 is 48.7 Å². The third-order valence-electron chi connectivity index (χ3n) is 3.92. The van der Waals surface area contributed by atoms with Gasteiger partial charge in [0.05, 0.1) is 22.5 Å². The van der Waals surface area contributed by atoms with E-state index in [1.807, 2.05) is 0 Å². The fourth-order valence-corrected chi connectivity index (χ4v) is 3.19. The molecule has 3 nitrogen and oxygen atoms in total. The zero-order chi connectivity index (χ0) is 23.9. The maximum atomic E-state index is 14.0. The van der Waals surface area contributed by atoms with E-state index in [9.17, 15) is 48.7 Å². The van der Waals surface area contributed by atoms with Gasteiger partial charge in [0.2, 0.25) is 0 Å². The lowest BCUT2D eigenvalue weighted by atomic mass is 9.95. The van der Waals surface area contributed by atoms with Crippen LogP contribution in [0.1, 0.15) is 27.4 Å². The summed E-state index contributed by atoms with van der Waals surface area (Å²) in [7, 11) is 0. The maximum absolute atomic E-state index is 14.0. The molecule has 2 aromatic carbocycles. The van der Waals surface area contributed by atoms with Gasteiger partial charge in [-0.05, 0) is 45.8 Å². The minimum Gasteiger partial charge on any atom is -0.396 e. The monoisotopic (exact) mass is 526 g/mol. The number of rotatable bonds is 3. The van der Waals surface area contributed by atoms with Gasteiger partial charge < -0.3 is 11.1 Å². The first kappa shape index (κ1) is 24.8. The van der Waals surface area contributed by atoms with E-state index in [1.165, 1.54) is 0 Å². The van der Waals surface area contributed by atoms with Crippen LogP contribution in [0.25, 0.3) is 0 Å². The van der Waals surface area contributed by atoms with Gasteiger partial charge in [0.15, 0.2) is 11.7 Å². The number of benzene rings is 2. The van der Waals surface area contributed by atoms with Crippen LogP contribution in [-0.2, 0) is 6.18 Å². The van der Waals surface area contributed by atoms with E-state index in [0.29, 0.717) is 0 Å². The molecular weight excluding hydrogens is 518 g/mol. The number of amides is 1. The Morgan fingerprint density at radius 3 is 2.00 bits per heavy atom. The standard InChI is InChI=1S/C17H9BrF10N2O/c18-9-5-6(13(16(23,24)25)17(26,27)28)4-8(15(20,21)22)12(9)30-14(31)7-2-1-3-10(29)11(7)19/h1-5,13H,29H2,(H,30,31). The molecule has 0 unspecified atom stereocenters. The molecule has 0 aliphatic rings. The van der Waals surface area contributed by atoms with Gasteiger partial charge in [0.25, 0.3) is 5.91 Å². The molecule has 0 bridgehead atoms. The second kappa shape index (κ2) is 8.20. The Bertz CT molecular complexity index is 984. The summed E-state index contributed by atoms with van der Waals surface area (Å²) < 4.78 is 131. The summed E-state index contributed by atoms with van der Waals surface area (Å²) >= 11 is 2.46. The van der Waals surface area contributed by atoms with Crippen molar-refractivity contribution in [2.24, 2.45) is 0 Å². The van der Waals surface area contributed by atoms with E-state index in [4.69, 9.17) is 5.73 Å². The van der Waals surface area contributed by atoms with Gasteiger partial charge in [0.1, 0.15) is 0 Å². The summed E-state index contributed by atoms with van der Waals surface area (Å²) in [4.78, 5) is 12.2. The second-order valence-electron chi connectivity index (χ2n) is 6.10. The highest BCUT2D eigenvalue weighted by atomic mass is 79.9. The third kappa shape index (κ3) is 5.40. The lowest BCUT2D eigenvalue weighted by Crippen LogP contribution is -2.34. The van der Waals surface area contributed by atoms with E-state index >= 15 is 0 Å². The second-order valence-corrected chi connectivity index (χ2v) is 6.96. The molecule has 0 aliphatic heterocycles. The molecule has 0 heterocycles. The number of nitrogens with one attached hydrogen (secondary N) is 1. The van der Waals surface area contributed by atoms with Crippen molar-refractivity contribution in [1.82, 2.24) is 0 Å². The van der Waals surface area contributed by atoms with Crippen LogP contribution in [0.3, 0.4) is 0 Å². The number of nitrogen functional groups attached to an aromatic ring is 1. The first-order valence-corrected chi connectivity index (χ1v) is 8.63. The molecule has 2 rings (SSSR count). The van der Waals surface area contributed by atoms with Crippen LogP contribution in [0.5, 0.6) is 0 Å². The third-order valence-corrected chi connectivity index (χ3v) is 4.54. The summed E-state index contributed by atoms with van der Waals surface area (Å²) in [5, 5.41) is 1.65. The first-order valence-electron chi connectivity index (χ1n) is 7.84. The molecule has 0 aliphatic carbocycles. The van der Waals surface area contributed by atoms with E-state index in [0.717, 1.165) is 18.2 Å². The number of hydrogen-bond acceptors (Lipinski definition) is 2. The quantitative estimate of drug-likeness (QED) is 0.347. The maximum Gasteiger partial charge on any atom is 0.418 e. The smallest absolute Gasteiger partial charge is 0.396 e. The van der Waals surface area contributed by atoms with Gasteiger partial charge >= 0.3 is 18.5 Å². The fraction of sp³-hybridized carbons (Fsp3) is 0.235. The summed E-state index contributed by atoms with van der Waals surface area (Å²) in [5.74, 6) is -6.96. The molecular formula is C17H9BrF10N2O. The molecule has 0 spiro atoms. The van der Waals surface area contributed by atoms with E-state index in [2.05, 4.69) is 15.9 Å². The highest BCUT2D eigenvalue weighted by Gasteiger charge is 2.58. The number of hydrogen-bond donors (Lipinski definition) is 2. The molecule has 0 fully saturated rings. The largest absolute Gasteiger partial charge is 0.418 e. The fourth-order valence-electron chi connectivity index (χ4n) is 2.61. The minimum absolute atomic E-state index is 0.145. The van der Waals surface area contributed by atoms with E-state index in [1.54, 1.807) is 5.32 Å². The summed E-state index contributed by atoms with van der Waals surface area (Å²) in [5.41, 5.74) is -1.02. The Hall–Kier alpha value is -2.51. The molecule has 14 heteroatoms. The van der Waals surface area contributed by atoms with Gasteiger partial charge in [-0.1, -0.05) is 6.07 Å². The average molecular weight is 527 g/mol. The highest BCUT2D eigenvalue weighted by Crippen LogP contribution is 2.49. The summed E-state index contributed by atoms with van der Waals surface area (Å²) in [6.07, 6.45) is -17.4. The average Bonchev–Trinajstić information content (AvgIpc) is 2.55. The molecule has 0 radical (unpaired) electrons. The Morgan fingerprint density at radius 1 is 0.968 bits per heavy atom. The van der Waals surface area contributed by atoms with Crippen molar-refractivity contribution in [3.8, 4) is 0 Å². The van der Waals surface area contributed by atoms with Gasteiger partial charge in [0, 0.05) is 4.47 Å². The van der Waals surface area contributed by atoms with Gasteiger partial charge in [-0.2, -0.15) is 39.5 Å².